The van der Waals surface area contributed by atoms with E-state index in [0.29, 0.717) is 36.6 Å². The number of fused-ring (bicyclic) bond motifs is 2. The second kappa shape index (κ2) is 7.09. The largest absolute Gasteiger partial charge is 0.345 e. The van der Waals surface area contributed by atoms with Gasteiger partial charge >= 0.3 is 5.69 Å². The summed E-state index contributed by atoms with van der Waals surface area (Å²) in [6.07, 6.45) is 7.40. The van der Waals surface area contributed by atoms with E-state index in [2.05, 4.69) is 5.10 Å². The molecule has 29 heavy (non-hydrogen) atoms. The van der Waals surface area contributed by atoms with Crippen LogP contribution in [0.25, 0.3) is 0 Å². The molecule has 1 aromatic heterocycles. The molecule has 1 aromatic carbocycles. The van der Waals surface area contributed by atoms with Crippen LogP contribution in [-0.2, 0) is 42.4 Å². The summed E-state index contributed by atoms with van der Waals surface area (Å²) in [7, 11) is -1.88. The summed E-state index contributed by atoms with van der Waals surface area (Å²) in [5.74, 6) is 1.39. The lowest BCUT2D eigenvalue weighted by atomic mass is 10.1. The molecule has 7 nitrogen and oxygen atoms in total. The van der Waals surface area contributed by atoms with Crippen LogP contribution in [0.1, 0.15) is 49.1 Å². The van der Waals surface area contributed by atoms with E-state index in [0.717, 1.165) is 37.2 Å². The van der Waals surface area contributed by atoms with Crippen LogP contribution in [0.2, 0.25) is 0 Å². The molecule has 2 aliphatic carbocycles. The van der Waals surface area contributed by atoms with Gasteiger partial charge in [-0.1, -0.05) is 6.07 Å². The van der Waals surface area contributed by atoms with Gasteiger partial charge in [-0.15, -0.1) is 0 Å². The molecule has 2 aromatic rings. The zero-order chi connectivity index (χ0) is 20.2. The average molecular weight is 417 g/mol. The van der Waals surface area contributed by atoms with E-state index in [1.807, 2.05) is 12.1 Å². The fourth-order valence-corrected chi connectivity index (χ4v) is 6.18. The van der Waals surface area contributed by atoms with E-state index in [-0.39, 0.29) is 11.7 Å². The predicted octanol–water partition coefficient (Wildman–Crippen LogP) is 1.97. The van der Waals surface area contributed by atoms with Crippen LogP contribution in [0.15, 0.2) is 27.9 Å². The first-order chi connectivity index (χ1) is 13.9. The van der Waals surface area contributed by atoms with Crippen molar-refractivity contribution in [1.82, 2.24) is 18.7 Å². The minimum absolute atomic E-state index is 0.0447. The van der Waals surface area contributed by atoms with Crippen molar-refractivity contribution in [1.29, 1.82) is 0 Å². The number of nitrogens with zero attached hydrogens (tertiary/aromatic N) is 4. The number of aryl methyl sites for hydroxylation is 3. The molecule has 1 saturated carbocycles. The van der Waals surface area contributed by atoms with Crippen molar-refractivity contribution in [2.75, 3.05) is 7.05 Å². The average Bonchev–Trinajstić information content (AvgIpc) is 3.37. The van der Waals surface area contributed by atoms with Gasteiger partial charge in [0.2, 0.25) is 10.0 Å². The Balaban J connectivity index is 1.34. The number of rotatable bonds is 5. The molecule has 5 rings (SSSR count). The summed E-state index contributed by atoms with van der Waals surface area (Å²) in [6, 6.07) is 5.43. The van der Waals surface area contributed by atoms with Crippen LogP contribution in [0, 0.1) is 5.92 Å². The standard InChI is InChI=1S/C21H28N4O3S/c1-23(29(27,28)19-9-7-16-3-2-4-17(16)13-19)18-8-10-20-22-25(14-15-5-6-15)21(26)24(20)12-11-18/h7,9,13,15,18H,2-6,8,10-12,14H2,1H3/t18-/m0/s1. The van der Waals surface area contributed by atoms with E-state index in [1.165, 1.54) is 22.7 Å². The molecule has 3 aliphatic rings. The van der Waals surface area contributed by atoms with Crippen LogP contribution in [0.3, 0.4) is 0 Å². The van der Waals surface area contributed by atoms with Gasteiger partial charge in [0.1, 0.15) is 5.82 Å². The number of hydrogen-bond donors (Lipinski definition) is 0. The zero-order valence-electron chi connectivity index (χ0n) is 16.9. The lowest BCUT2D eigenvalue weighted by molar-refractivity contribution is 0.328. The van der Waals surface area contributed by atoms with Gasteiger partial charge in [-0.3, -0.25) is 4.57 Å². The number of hydrogen-bond acceptors (Lipinski definition) is 4. The Morgan fingerprint density at radius 3 is 2.69 bits per heavy atom. The van der Waals surface area contributed by atoms with Crippen LogP contribution < -0.4 is 5.69 Å². The maximum atomic E-state index is 13.2. The molecule has 1 fully saturated rings. The summed E-state index contributed by atoms with van der Waals surface area (Å²) >= 11 is 0. The highest BCUT2D eigenvalue weighted by atomic mass is 32.2. The lowest BCUT2D eigenvalue weighted by Crippen LogP contribution is -2.38. The van der Waals surface area contributed by atoms with Gasteiger partial charge in [-0.2, -0.15) is 9.40 Å². The lowest BCUT2D eigenvalue weighted by Gasteiger charge is -2.26. The van der Waals surface area contributed by atoms with Crippen LogP contribution >= 0.6 is 0 Å². The maximum absolute atomic E-state index is 13.2. The maximum Gasteiger partial charge on any atom is 0.345 e. The SMILES string of the molecule is CN([C@H]1CCc2nn(CC3CC3)c(=O)n2CC1)S(=O)(=O)c1ccc2c(c1)CCC2. The highest BCUT2D eigenvalue weighted by molar-refractivity contribution is 7.89. The summed E-state index contributed by atoms with van der Waals surface area (Å²) < 4.78 is 31.4. The van der Waals surface area contributed by atoms with Crippen LogP contribution in [0.5, 0.6) is 0 Å². The minimum atomic E-state index is -3.55. The molecule has 1 aliphatic heterocycles. The molecular weight excluding hydrogens is 388 g/mol. The van der Waals surface area contributed by atoms with Crippen molar-refractivity contribution < 1.29 is 8.42 Å². The van der Waals surface area contributed by atoms with Gasteiger partial charge in [-0.05, 0) is 74.1 Å². The van der Waals surface area contributed by atoms with Gasteiger partial charge in [0.05, 0.1) is 4.90 Å². The van der Waals surface area contributed by atoms with E-state index in [9.17, 15) is 13.2 Å². The molecular formula is C21H28N4O3S. The number of sulfonamides is 1. The van der Waals surface area contributed by atoms with Crippen LogP contribution in [0.4, 0.5) is 0 Å². The second-order valence-corrected chi connectivity index (χ2v) is 10.8. The van der Waals surface area contributed by atoms with Crippen molar-refractivity contribution in [2.24, 2.45) is 5.92 Å². The van der Waals surface area contributed by atoms with E-state index in [1.54, 1.807) is 22.4 Å². The molecule has 8 heteroatoms. The monoisotopic (exact) mass is 416 g/mol. The molecule has 156 valence electrons. The highest BCUT2D eigenvalue weighted by Gasteiger charge is 2.32. The van der Waals surface area contributed by atoms with Crippen molar-refractivity contribution in [3.63, 3.8) is 0 Å². The Morgan fingerprint density at radius 1 is 1.10 bits per heavy atom. The first-order valence-corrected chi connectivity index (χ1v) is 12.1. The van der Waals surface area contributed by atoms with E-state index in [4.69, 9.17) is 0 Å². The Labute approximate surface area is 171 Å². The first-order valence-electron chi connectivity index (χ1n) is 10.7. The molecule has 0 bridgehead atoms. The van der Waals surface area contributed by atoms with Crippen molar-refractivity contribution in [3.05, 3.63) is 45.6 Å². The second-order valence-electron chi connectivity index (χ2n) is 8.76. The fourth-order valence-electron chi connectivity index (χ4n) is 4.71. The van der Waals surface area contributed by atoms with Crippen molar-refractivity contribution >= 4 is 10.0 Å². The molecule has 0 unspecified atom stereocenters. The molecule has 0 N–H and O–H groups in total. The summed E-state index contributed by atoms with van der Waals surface area (Å²) in [6.45, 7) is 1.24. The molecule has 0 amide bonds. The Morgan fingerprint density at radius 2 is 1.90 bits per heavy atom. The minimum Gasteiger partial charge on any atom is -0.279 e. The smallest absolute Gasteiger partial charge is 0.279 e. The first kappa shape index (κ1) is 19.1. The normalized spacial score (nSPS) is 21.8. The zero-order valence-corrected chi connectivity index (χ0v) is 17.7. The molecule has 0 spiro atoms. The van der Waals surface area contributed by atoms with Gasteiger partial charge < -0.3 is 0 Å². The fraction of sp³-hybridized carbons (Fsp3) is 0.619. The topological polar surface area (TPSA) is 77.2 Å². The third kappa shape index (κ3) is 3.46. The Bertz CT molecular complexity index is 1100. The quantitative estimate of drug-likeness (QED) is 0.747. The van der Waals surface area contributed by atoms with Gasteiger partial charge in [0, 0.05) is 32.6 Å². The van der Waals surface area contributed by atoms with E-state index >= 15 is 0 Å². The molecule has 0 saturated heterocycles. The van der Waals surface area contributed by atoms with Crippen molar-refractivity contribution in [2.45, 2.75) is 75.4 Å². The van der Waals surface area contributed by atoms with Crippen LogP contribution in [-0.4, -0.2) is 40.2 Å². The van der Waals surface area contributed by atoms with Gasteiger partial charge in [-0.25, -0.2) is 17.9 Å². The highest BCUT2D eigenvalue weighted by Crippen LogP contribution is 2.30. The summed E-state index contributed by atoms with van der Waals surface area (Å²) in [5.41, 5.74) is 2.39. The molecule has 2 heterocycles. The van der Waals surface area contributed by atoms with Crippen molar-refractivity contribution in [3.8, 4) is 0 Å². The van der Waals surface area contributed by atoms with E-state index < -0.39 is 10.0 Å². The molecule has 0 radical (unpaired) electrons. The predicted molar refractivity (Wildman–Crippen MR) is 109 cm³/mol. The third-order valence-corrected chi connectivity index (χ3v) is 8.68. The Hall–Kier alpha value is -1.93. The summed E-state index contributed by atoms with van der Waals surface area (Å²) in [5, 5.41) is 4.54. The molecule has 1 atom stereocenters. The van der Waals surface area contributed by atoms with Gasteiger partial charge in [0.25, 0.3) is 0 Å². The Kier molecular flexibility index (Phi) is 4.66. The number of benzene rings is 1. The van der Waals surface area contributed by atoms with Gasteiger partial charge in [0.15, 0.2) is 0 Å². The third-order valence-electron chi connectivity index (χ3n) is 6.78. The summed E-state index contributed by atoms with van der Waals surface area (Å²) in [4.78, 5) is 13.0. The number of aromatic nitrogens is 3.